The summed E-state index contributed by atoms with van der Waals surface area (Å²) >= 11 is 0. The fourth-order valence-corrected chi connectivity index (χ4v) is 3.50. The molecule has 1 aromatic rings. The van der Waals surface area contributed by atoms with Crippen LogP contribution in [0.5, 0.6) is 0 Å². The second kappa shape index (κ2) is 16.3. The van der Waals surface area contributed by atoms with E-state index in [1.165, 1.54) is 6.42 Å². The second-order valence-corrected chi connectivity index (χ2v) is 7.82. The van der Waals surface area contributed by atoms with Gasteiger partial charge in [-0.1, -0.05) is 12.1 Å². The first-order valence-electron chi connectivity index (χ1n) is 11.2. The lowest BCUT2D eigenvalue weighted by Gasteiger charge is -2.26. The Bertz CT molecular complexity index is 648. The summed E-state index contributed by atoms with van der Waals surface area (Å²) < 4.78 is 5.10. The zero-order valence-corrected chi connectivity index (χ0v) is 21.7. The molecule has 31 heavy (non-hydrogen) atoms. The van der Waals surface area contributed by atoms with E-state index in [0.717, 1.165) is 82.2 Å². The molecule has 8 heteroatoms. The van der Waals surface area contributed by atoms with Crippen LogP contribution < -0.4 is 10.6 Å². The number of carbonyl (C=O) groups excluding carboxylic acids is 1. The van der Waals surface area contributed by atoms with Crippen molar-refractivity contribution in [2.75, 3.05) is 60.0 Å². The van der Waals surface area contributed by atoms with Crippen LogP contribution in [0.4, 0.5) is 0 Å². The van der Waals surface area contributed by atoms with Crippen LogP contribution >= 0.6 is 24.0 Å². The zero-order valence-electron chi connectivity index (χ0n) is 19.4. The van der Waals surface area contributed by atoms with E-state index in [9.17, 15) is 4.79 Å². The Balaban J connectivity index is 0.00000480. The van der Waals surface area contributed by atoms with E-state index in [-0.39, 0.29) is 29.9 Å². The molecule has 0 saturated carbocycles. The van der Waals surface area contributed by atoms with Gasteiger partial charge >= 0.3 is 0 Å². The van der Waals surface area contributed by atoms with Crippen LogP contribution in [0.1, 0.15) is 48.5 Å². The van der Waals surface area contributed by atoms with Crippen LogP contribution in [-0.4, -0.2) is 81.7 Å². The molecule has 1 aliphatic rings. The average molecular weight is 546 g/mol. The Morgan fingerprint density at radius 3 is 2.48 bits per heavy atom. The molecule has 1 aromatic carbocycles. The van der Waals surface area contributed by atoms with Crippen LogP contribution in [0.2, 0.25) is 0 Å². The van der Waals surface area contributed by atoms with E-state index in [0.29, 0.717) is 6.54 Å². The molecule has 1 fully saturated rings. The first kappa shape index (κ1) is 27.6. The topological polar surface area (TPSA) is 69.2 Å². The van der Waals surface area contributed by atoms with Crippen molar-refractivity contribution in [2.24, 2.45) is 4.99 Å². The number of likely N-dealkylation sites (tertiary alicyclic amines) is 1. The van der Waals surface area contributed by atoms with Crippen molar-refractivity contribution in [1.29, 1.82) is 0 Å². The average Bonchev–Trinajstić information content (AvgIpc) is 2.78. The van der Waals surface area contributed by atoms with Crippen LogP contribution in [0, 0.1) is 0 Å². The standard InChI is InChI=1S/C23H39N5O2.HI/c1-4-24-23(25-13-17-27(2)14-8-18-30-3)26-19-20-9-11-21(12-10-20)22(29)28-15-6-5-7-16-28;/h9-12H,4-8,13-19H2,1-3H3,(H2,24,25,26);1H. The van der Waals surface area contributed by atoms with Gasteiger partial charge in [0.1, 0.15) is 0 Å². The van der Waals surface area contributed by atoms with Gasteiger partial charge in [-0.2, -0.15) is 0 Å². The highest BCUT2D eigenvalue weighted by Crippen LogP contribution is 2.14. The molecule has 1 amide bonds. The van der Waals surface area contributed by atoms with Gasteiger partial charge in [-0.15, -0.1) is 24.0 Å². The van der Waals surface area contributed by atoms with Crippen molar-refractivity contribution >= 4 is 35.8 Å². The summed E-state index contributed by atoms with van der Waals surface area (Å²) in [7, 11) is 3.86. The van der Waals surface area contributed by atoms with Gasteiger partial charge in [0.15, 0.2) is 5.96 Å². The van der Waals surface area contributed by atoms with Crippen molar-refractivity contribution in [3.05, 3.63) is 35.4 Å². The number of halogens is 1. The highest BCUT2D eigenvalue weighted by atomic mass is 127. The van der Waals surface area contributed by atoms with Gasteiger partial charge in [-0.3, -0.25) is 4.79 Å². The second-order valence-electron chi connectivity index (χ2n) is 7.82. The molecule has 1 heterocycles. The number of nitrogens with one attached hydrogen (secondary N) is 2. The van der Waals surface area contributed by atoms with Gasteiger partial charge < -0.3 is 25.2 Å². The number of carbonyl (C=O) groups is 1. The number of methoxy groups -OCH3 is 1. The van der Waals surface area contributed by atoms with Crippen LogP contribution in [0.25, 0.3) is 0 Å². The molecular formula is C23H40IN5O2. The Labute approximate surface area is 205 Å². The molecule has 0 spiro atoms. The predicted molar refractivity (Wildman–Crippen MR) is 138 cm³/mol. The number of likely N-dealkylation sites (N-methyl/N-ethyl adjacent to an activating group) is 1. The fraction of sp³-hybridized carbons (Fsp3) is 0.652. The summed E-state index contributed by atoms with van der Waals surface area (Å²) in [6, 6.07) is 7.87. The maximum atomic E-state index is 12.6. The van der Waals surface area contributed by atoms with E-state index < -0.39 is 0 Å². The van der Waals surface area contributed by atoms with Gasteiger partial charge in [0.2, 0.25) is 0 Å². The molecule has 2 N–H and O–H groups in total. The molecule has 176 valence electrons. The quantitative estimate of drug-likeness (QED) is 0.194. The van der Waals surface area contributed by atoms with E-state index in [2.05, 4.69) is 34.5 Å². The minimum Gasteiger partial charge on any atom is -0.385 e. The molecule has 0 bridgehead atoms. The normalized spacial score (nSPS) is 14.3. The van der Waals surface area contributed by atoms with Gasteiger partial charge in [-0.05, 0) is 57.4 Å². The fourth-order valence-electron chi connectivity index (χ4n) is 3.50. The van der Waals surface area contributed by atoms with Crippen molar-refractivity contribution in [3.63, 3.8) is 0 Å². The Morgan fingerprint density at radius 1 is 1.13 bits per heavy atom. The molecule has 0 radical (unpaired) electrons. The number of guanidine groups is 1. The number of aliphatic imine (C=N–C) groups is 1. The van der Waals surface area contributed by atoms with E-state index in [4.69, 9.17) is 4.74 Å². The van der Waals surface area contributed by atoms with Crippen molar-refractivity contribution in [3.8, 4) is 0 Å². The molecule has 0 aromatic heterocycles. The minimum absolute atomic E-state index is 0. The van der Waals surface area contributed by atoms with Gasteiger partial charge in [-0.25, -0.2) is 4.99 Å². The SMILES string of the molecule is CCNC(=NCc1ccc(C(=O)N2CCCCC2)cc1)NCCN(C)CCCOC.I. The number of piperidine rings is 1. The largest absolute Gasteiger partial charge is 0.385 e. The molecule has 1 saturated heterocycles. The Kier molecular flexibility index (Phi) is 14.5. The lowest BCUT2D eigenvalue weighted by molar-refractivity contribution is 0.0724. The highest BCUT2D eigenvalue weighted by Gasteiger charge is 2.17. The molecule has 0 atom stereocenters. The molecule has 2 rings (SSSR count). The highest BCUT2D eigenvalue weighted by molar-refractivity contribution is 14.0. The summed E-state index contributed by atoms with van der Waals surface area (Å²) in [6.45, 7) is 8.81. The van der Waals surface area contributed by atoms with E-state index in [1.54, 1.807) is 7.11 Å². The van der Waals surface area contributed by atoms with Gasteiger partial charge in [0.25, 0.3) is 5.91 Å². The van der Waals surface area contributed by atoms with E-state index >= 15 is 0 Å². The third-order valence-corrected chi connectivity index (χ3v) is 5.28. The first-order chi connectivity index (χ1) is 14.6. The summed E-state index contributed by atoms with van der Waals surface area (Å²) in [5, 5.41) is 6.68. The Hall–Kier alpha value is -1.39. The molecule has 0 aliphatic carbocycles. The van der Waals surface area contributed by atoms with E-state index in [1.807, 2.05) is 29.2 Å². The molecule has 1 aliphatic heterocycles. The number of benzene rings is 1. The van der Waals surface area contributed by atoms with Crippen LogP contribution in [-0.2, 0) is 11.3 Å². The summed E-state index contributed by atoms with van der Waals surface area (Å²) in [4.78, 5) is 21.5. The van der Waals surface area contributed by atoms with Crippen molar-refractivity contribution < 1.29 is 9.53 Å². The number of rotatable bonds is 11. The van der Waals surface area contributed by atoms with Crippen molar-refractivity contribution in [1.82, 2.24) is 20.4 Å². The lowest BCUT2D eigenvalue weighted by atomic mass is 10.1. The van der Waals surface area contributed by atoms with Gasteiger partial charge in [0, 0.05) is 58.5 Å². The lowest BCUT2D eigenvalue weighted by Crippen LogP contribution is -2.41. The summed E-state index contributed by atoms with van der Waals surface area (Å²) in [5.74, 6) is 0.964. The number of ether oxygens (including phenoxy) is 1. The smallest absolute Gasteiger partial charge is 0.253 e. The maximum Gasteiger partial charge on any atom is 0.253 e. The van der Waals surface area contributed by atoms with Crippen molar-refractivity contribution in [2.45, 2.75) is 39.2 Å². The number of amides is 1. The molecule has 0 unspecified atom stereocenters. The predicted octanol–water partition coefficient (Wildman–Crippen LogP) is 2.95. The number of hydrogen-bond donors (Lipinski definition) is 2. The van der Waals surface area contributed by atoms with Crippen LogP contribution in [0.3, 0.4) is 0 Å². The molecule has 7 nitrogen and oxygen atoms in total. The minimum atomic E-state index is 0. The zero-order chi connectivity index (χ0) is 21.6. The third kappa shape index (κ3) is 10.7. The first-order valence-corrected chi connectivity index (χ1v) is 11.2. The van der Waals surface area contributed by atoms with Crippen LogP contribution in [0.15, 0.2) is 29.3 Å². The number of hydrogen-bond acceptors (Lipinski definition) is 4. The number of nitrogens with zero attached hydrogens (tertiary/aromatic N) is 3. The molecular weight excluding hydrogens is 505 g/mol. The Morgan fingerprint density at radius 2 is 1.84 bits per heavy atom. The summed E-state index contributed by atoms with van der Waals surface area (Å²) in [6.07, 6.45) is 4.49. The monoisotopic (exact) mass is 545 g/mol. The summed E-state index contributed by atoms with van der Waals surface area (Å²) in [5.41, 5.74) is 1.87. The third-order valence-electron chi connectivity index (χ3n) is 5.28. The maximum absolute atomic E-state index is 12.6. The van der Waals surface area contributed by atoms with Gasteiger partial charge in [0.05, 0.1) is 6.54 Å².